The van der Waals surface area contributed by atoms with Crippen molar-refractivity contribution in [2.75, 3.05) is 63.1 Å². The number of nitrogens with one attached hydrogen (secondary N) is 10. The summed E-state index contributed by atoms with van der Waals surface area (Å²) in [5, 5.41) is 48.2. The van der Waals surface area contributed by atoms with Gasteiger partial charge >= 0.3 is 18.3 Å². The average molecular weight is 1320 g/mol. The van der Waals surface area contributed by atoms with E-state index in [0.717, 1.165) is 12.1 Å². The molecule has 0 unspecified atom stereocenters. The van der Waals surface area contributed by atoms with E-state index in [4.69, 9.17) is 18.9 Å². The maximum atomic E-state index is 13.5. The molecule has 31 nitrogen and oxygen atoms in total. The quantitative estimate of drug-likeness (QED) is 0.00900. The second-order valence-electron chi connectivity index (χ2n) is 20.5. The Hall–Kier alpha value is -12.8. The Bertz CT molecular complexity index is 3570. The van der Waals surface area contributed by atoms with E-state index in [1.54, 1.807) is 84.9 Å². The normalized spacial score (nSPS) is 11.0. The van der Waals surface area contributed by atoms with Gasteiger partial charge in [-0.2, -0.15) is 0 Å². The highest BCUT2D eigenvalue weighted by atomic mass is 16.7. The lowest BCUT2D eigenvalue weighted by Crippen LogP contribution is -2.52. The minimum absolute atomic E-state index is 0.0187. The lowest BCUT2D eigenvalue weighted by atomic mass is 10.0. The van der Waals surface area contributed by atoms with Crippen molar-refractivity contribution >= 4 is 88.3 Å². The third-order valence-electron chi connectivity index (χ3n) is 13.2. The van der Waals surface area contributed by atoms with E-state index in [1.807, 2.05) is 0 Å². The highest BCUT2D eigenvalue weighted by molar-refractivity contribution is 5.98. The number of nitro groups is 2. The van der Waals surface area contributed by atoms with Crippen molar-refractivity contribution in [3.8, 4) is 11.5 Å². The van der Waals surface area contributed by atoms with Crippen LogP contribution in [0.2, 0.25) is 0 Å². The second kappa shape index (κ2) is 37.5. The van der Waals surface area contributed by atoms with Crippen molar-refractivity contribution in [1.82, 2.24) is 42.5 Å². The van der Waals surface area contributed by atoms with E-state index in [9.17, 15) is 73.0 Å². The molecule has 0 aliphatic carbocycles. The van der Waals surface area contributed by atoms with Crippen LogP contribution in [0.25, 0.3) is 0 Å². The number of hydrogen-bond donors (Lipinski definition) is 10. The van der Waals surface area contributed by atoms with Crippen LogP contribution in [-0.2, 0) is 73.5 Å². The molecular formula is C65H66N12O19. The summed E-state index contributed by atoms with van der Waals surface area (Å²) in [5.74, 6) is -5.95. The summed E-state index contributed by atoms with van der Waals surface area (Å²) in [6, 6.07) is 34.3. The van der Waals surface area contributed by atoms with Gasteiger partial charge in [0.1, 0.15) is 49.9 Å². The number of carbonyl (C=O) groups excluding carboxylic acids is 11. The highest BCUT2D eigenvalue weighted by Gasteiger charge is 2.26. The van der Waals surface area contributed by atoms with Gasteiger partial charge in [-0.25, -0.2) is 14.4 Å². The molecule has 0 saturated heterocycles. The Kier molecular flexibility index (Phi) is 28.2. The van der Waals surface area contributed by atoms with Crippen LogP contribution in [0.3, 0.4) is 0 Å². The molecule has 31 heteroatoms. The predicted octanol–water partition coefficient (Wildman–Crippen LogP) is 3.88. The third kappa shape index (κ3) is 25.5. The van der Waals surface area contributed by atoms with E-state index in [2.05, 4.69) is 66.3 Å². The monoisotopic (exact) mass is 1320 g/mol. The van der Waals surface area contributed by atoms with Crippen LogP contribution >= 0.6 is 0 Å². The van der Waals surface area contributed by atoms with Crippen molar-refractivity contribution in [3.63, 3.8) is 0 Å². The van der Waals surface area contributed by atoms with E-state index < -0.39 is 127 Å². The number of alkyl carbamates (subject to hydrolysis) is 2. The topological polar surface area (TPSA) is 431 Å². The molecular weight excluding hydrogens is 1250 g/mol. The minimum atomic E-state index is -1.31. The van der Waals surface area contributed by atoms with Crippen LogP contribution in [0.15, 0.2) is 171 Å². The molecule has 96 heavy (non-hydrogen) atoms. The molecule has 0 spiro atoms. The van der Waals surface area contributed by atoms with Gasteiger partial charge in [0, 0.05) is 72.5 Å². The first kappa shape index (κ1) is 72.2. The predicted molar refractivity (Wildman–Crippen MR) is 344 cm³/mol. The van der Waals surface area contributed by atoms with Crippen molar-refractivity contribution in [2.24, 2.45) is 0 Å². The number of nitrogens with zero attached hydrogens (tertiary/aromatic N) is 2. The maximum absolute atomic E-state index is 13.5. The number of amides is 10. The lowest BCUT2D eigenvalue weighted by Gasteiger charge is -2.19. The summed E-state index contributed by atoms with van der Waals surface area (Å²) in [6.45, 7) is 3.53. The van der Waals surface area contributed by atoms with Gasteiger partial charge in [0.25, 0.3) is 11.4 Å². The first-order chi connectivity index (χ1) is 46.1. The molecule has 0 fully saturated rings. The van der Waals surface area contributed by atoms with Gasteiger partial charge in [-0.15, -0.1) is 0 Å². The summed E-state index contributed by atoms with van der Waals surface area (Å²) < 4.78 is 20.6. The third-order valence-corrected chi connectivity index (χ3v) is 13.2. The standard InChI is InChI=1S/C65H66N12O19/c1-3-27-93-63(86)70-35-55(78)66-37-59(82)74-51(31-41-11-7-5-8-12-41)61(84)68-39-57(80)72-47-19-15-43(16-20-47)29-45-33-49(76(89)90)23-25-53(45)95-65(88)96-54-26-24-50(77(91)92)34-46(54)30-44-17-21-48(22-18-44)73-58(81)40-69-62(85)52(32-42-13-9-6-10-14-42)75-60(83)38-67-56(79)36-71-64(87)94-28-4-2/h3-26,33-34,51-52H,1-2,27-32,35-40H2,(H,66,78)(H,67,79)(H,68,84)(H,69,85)(H,70,86)(H,71,87)(H,72,80)(H,73,81)(H,74,82)(H,75,83)/t51-,52-/m0/s1. The van der Waals surface area contributed by atoms with Crippen LogP contribution in [0.1, 0.15) is 33.4 Å². The van der Waals surface area contributed by atoms with Gasteiger partial charge in [-0.3, -0.25) is 58.6 Å². The number of non-ortho nitro benzene ring substituents is 2. The smallest absolute Gasteiger partial charge is 0.445 e. The SMILES string of the molecule is C=CCOC(=O)NCC(=O)NCC(=O)N[C@@H](Cc1ccccc1)C(=O)NCC(=O)Nc1ccc(Cc2cc([N+](=O)[O-])ccc2OC(=O)Oc2ccc([N+](=O)[O-])cc2Cc2ccc(NC(=O)CNC(=O)[C@H](Cc3ccccc3)NC(=O)CNC(=O)CNC(=O)OCC=C)cc2)cc1. The largest absolute Gasteiger partial charge is 0.519 e. The Balaban J connectivity index is 1.02. The van der Waals surface area contributed by atoms with Crippen LogP contribution in [-0.4, -0.2) is 140 Å². The second-order valence-corrected chi connectivity index (χ2v) is 20.5. The van der Waals surface area contributed by atoms with Crippen molar-refractivity contribution < 1.29 is 81.5 Å². The summed E-state index contributed by atoms with van der Waals surface area (Å²) in [4.78, 5) is 162. The van der Waals surface area contributed by atoms with E-state index in [-0.39, 0.29) is 84.3 Å². The first-order valence-electron chi connectivity index (χ1n) is 29.1. The fraction of sp³-hybridized carbons (Fsp3) is 0.215. The molecule has 0 aromatic heterocycles. The molecule has 0 heterocycles. The van der Waals surface area contributed by atoms with Gasteiger partial charge in [-0.05, 0) is 58.7 Å². The number of carbonyl (C=O) groups is 11. The number of benzene rings is 6. The van der Waals surface area contributed by atoms with Crippen molar-refractivity contribution in [3.05, 3.63) is 225 Å². The van der Waals surface area contributed by atoms with Gasteiger partial charge < -0.3 is 72.1 Å². The van der Waals surface area contributed by atoms with E-state index in [1.165, 1.54) is 60.7 Å². The molecule has 6 rings (SSSR count). The van der Waals surface area contributed by atoms with E-state index >= 15 is 0 Å². The molecule has 0 saturated carbocycles. The number of nitro benzene ring substituents is 2. The summed E-state index contributed by atoms with van der Waals surface area (Å²) in [7, 11) is 0. The number of anilines is 2. The Morgan fingerprint density at radius 1 is 0.417 bits per heavy atom. The molecule has 10 N–H and O–H groups in total. The van der Waals surface area contributed by atoms with Crippen LogP contribution in [0.4, 0.5) is 37.1 Å². The zero-order valence-corrected chi connectivity index (χ0v) is 51.2. The van der Waals surface area contributed by atoms with Gasteiger partial charge in [0.05, 0.1) is 36.0 Å². The zero-order chi connectivity index (χ0) is 69.4. The van der Waals surface area contributed by atoms with Crippen molar-refractivity contribution in [2.45, 2.75) is 37.8 Å². The molecule has 500 valence electrons. The number of rotatable bonds is 34. The van der Waals surface area contributed by atoms with Crippen LogP contribution in [0, 0.1) is 20.2 Å². The molecule has 10 amide bonds. The Morgan fingerprint density at radius 2 is 0.771 bits per heavy atom. The van der Waals surface area contributed by atoms with Gasteiger partial charge in [0.15, 0.2) is 0 Å². The lowest BCUT2D eigenvalue weighted by molar-refractivity contribution is -0.385. The minimum Gasteiger partial charge on any atom is -0.445 e. The molecule has 0 aliphatic rings. The average Bonchev–Trinajstić information content (AvgIpc) is 0.890. The van der Waals surface area contributed by atoms with E-state index in [0.29, 0.717) is 22.3 Å². The molecule has 2 atom stereocenters. The van der Waals surface area contributed by atoms with Crippen LogP contribution < -0.4 is 62.6 Å². The fourth-order valence-corrected chi connectivity index (χ4v) is 8.65. The number of hydrogen-bond acceptors (Lipinski definition) is 19. The summed E-state index contributed by atoms with van der Waals surface area (Å²) >= 11 is 0. The fourth-order valence-electron chi connectivity index (χ4n) is 8.65. The Labute approximate surface area is 547 Å². The summed E-state index contributed by atoms with van der Waals surface area (Å²) in [6.07, 6.45) is -0.459. The van der Waals surface area contributed by atoms with Gasteiger partial charge in [-0.1, -0.05) is 110 Å². The Morgan fingerprint density at radius 3 is 1.12 bits per heavy atom. The molecule has 0 aliphatic heterocycles. The van der Waals surface area contributed by atoms with Crippen LogP contribution in [0.5, 0.6) is 11.5 Å². The number of ether oxygens (including phenoxy) is 4. The highest BCUT2D eigenvalue weighted by Crippen LogP contribution is 2.31. The zero-order valence-electron chi connectivity index (χ0n) is 51.2. The summed E-state index contributed by atoms with van der Waals surface area (Å²) in [5.41, 5.74) is 2.58. The maximum Gasteiger partial charge on any atom is 0.519 e. The first-order valence-corrected chi connectivity index (χ1v) is 29.1. The molecule has 6 aromatic rings. The molecule has 0 bridgehead atoms. The molecule has 0 radical (unpaired) electrons. The molecule has 6 aromatic carbocycles. The van der Waals surface area contributed by atoms with Crippen molar-refractivity contribution in [1.29, 1.82) is 0 Å². The van der Waals surface area contributed by atoms with Gasteiger partial charge in [0.2, 0.25) is 47.3 Å².